The Morgan fingerprint density at radius 3 is 2.81 bits per heavy atom. The van der Waals surface area contributed by atoms with Gasteiger partial charge in [-0.05, 0) is 12.5 Å². The SMILES string of the molecule is O=C1CCC(CNc2cc(C(=O)O)c([N+](=O)[O-])cc2F)N1. The number of nitro groups is 1. The van der Waals surface area contributed by atoms with Gasteiger partial charge >= 0.3 is 5.97 Å². The van der Waals surface area contributed by atoms with Gasteiger partial charge in [0.25, 0.3) is 5.69 Å². The fraction of sp³-hybridized carbons (Fsp3) is 0.333. The summed E-state index contributed by atoms with van der Waals surface area (Å²) in [6.45, 7) is 0.208. The van der Waals surface area contributed by atoms with E-state index in [0.717, 1.165) is 6.07 Å². The first-order valence-electron chi connectivity index (χ1n) is 6.13. The molecule has 0 radical (unpaired) electrons. The Balaban J connectivity index is 2.19. The zero-order valence-corrected chi connectivity index (χ0v) is 10.8. The third-order valence-corrected chi connectivity index (χ3v) is 3.14. The molecule has 1 atom stereocenters. The average Bonchev–Trinajstić information content (AvgIpc) is 2.82. The molecule has 3 N–H and O–H groups in total. The highest BCUT2D eigenvalue weighted by Crippen LogP contribution is 2.26. The molecular weight excluding hydrogens is 285 g/mol. The standard InChI is InChI=1S/C12H12FN3O5/c13-8-4-10(16(20)21)7(12(18)19)3-9(8)14-5-6-1-2-11(17)15-6/h3-4,6,14H,1-2,5H2,(H,15,17)(H,18,19). The van der Waals surface area contributed by atoms with Gasteiger partial charge in [0.1, 0.15) is 5.56 Å². The number of benzene rings is 1. The van der Waals surface area contributed by atoms with Crippen molar-refractivity contribution in [3.05, 3.63) is 33.6 Å². The molecule has 9 heteroatoms. The van der Waals surface area contributed by atoms with E-state index in [1.807, 2.05) is 0 Å². The van der Waals surface area contributed by atoms with Crippen LogP contribution in [0.2, 0.25) is 0 Å². The number of nitrogens with one attached hydrogen (secondary N) is 2. The molecule has 1 saturated heterocycles. The molecule has 2 rings (SSSR count). The van der Waals surface area contributed by atoms with E-state index in [-0.39, 0.29) is 24.2 Å². The van der Waals surface area contributed by atoms with Gasteiger partial charge in [0.05, 0.1) is 16.7 Å². The summed E-state index contributed by atoms with van der Waals surface area (Å²) in [5.41, 5.74) is -1.56. The van der Waals surface area contributed by atoms with Crippen LogP contribution in [0.15, 0.2) is 12.1 Å². The summed E-state index contributed by atoms with van der Waals surface area (Å²) in [7, 11) is 0. The summed E-state index contributed by atoms with van der Waals surface area (Å²) in [5, 5.41) is 25.0. The number of rotatable bonds is 5. The lowest BCUT2D eigenvalue weighted by Crippen LogP contribution is -2.32. The van der Waals surface area contributed by atoms with E-state index in [9.17, 15) is 24.1 Å². The summed E-state index contributed by atoms with van der Waals surface area (Å²) in [6, 6.07) is 1.27. The van der Waals surface area contributed by atoms with E-state index in [0.29, 0.717) is 18.9 Å². The third-order valence-electron chi connectivity index (χ3n) is 3.14. The number of nitrogens with zero attached hydrogens (tertiary/aromatic N) is 1. The van der Waals surface area contributed by atoms with Gasteiger partial charge in [0, 0.05) is 19.0 Å². The zero-order chi connectivity index (χ0) is 15.6. The lowest BCUT2D eigenvalue weighted by atomic mass is 10.1. The van der Waals surface area contributed by atoms with Gasteiger partial charge in [-0.1, -0.05) is 0 Å². The first kappa shape index (κ1) is 14.7. The van der Waals surface area contributed by atoms with Crippen LogP contribution < -0.4 is 10.6 Å². The van der Waals surface area contributed by atoms with Gasteiger partial charge in [-0.3, -0.25) is 14.9 Å². The molecule has 1 aliphatic rings. The second-order valence-electron chi connectivity index (χ2n) is 4.60. The monoisotopic (exact) mass is 297 g/mol. The number of carboxylic acid groups (broad SMARTS) is 1. The number of carbonyl (C=O) groups excluding carboxylic acids is 1. The van der Waals surface area contributed by atoms with E-state index in [1.54, 1.807) is 0 Å². The van der Waals surface area contributed by atoms with Crippen molar-refractivity contribution in [2.24, 2.45) is 0 Å². The van der Waals surface area contributed by atoms with E-state index in [1.165, 1.54) is 0 Å². The van der Waals surface area contributed by atoms with E-state index >= 15 is 0 Å². The van der Waals surface area contributed by atoms with Gasteiger partial charge in [-0.15, -0.1) is 0 Å². The lowest BCUT2D eigenvalue weighted by molar-refractivity contribution is -0.385. The summed E-state index contributed by atoms with van der Waals surface area (Å²) in [6.07, 6.45) is 0.974. The second-order valence-corrected chi connectivity index (χ2v) is 4.60. The quantitative estimate of drug-likeness (QED) is 0.553. The molecule has 1 aliphatic heterocycles. The Morgan fingerprint density at radius 1 is 1.57 bits per heavy atom. The van der Waals surface area contributed by atoms with Crippen molar-refractivity contribution in [3.8, 4) is 0 Å². The van der Waals surface area contributed by atoms with Crippen LogP contribution in [0.1, 0.15) is 23.2 Å². The minimum atomic E-state index is -1.51. The Labute approximate surface area is 118 Å². The smallest absolute Gasteiger partial charge is 0.342 e. The second kappa shape index (κ2) is 5.73. The van der Waals surface area contributed by atoms with Gasteiger partial charge in [0.2, 0.25) is 5.91 Å². The van der Waals surface area contributed by atoms with Crippen LogP contribution in [-0.4, -0.2) is 34.5 Å². The Kier molecular flexibility index (Phi) is 4.01. The van der Waals surface area contributed by atoms with Crippen molar-refractivity contribution in [3.63, 3.8) is 0 Å². The van der Waals surface area contributed by atoms with E-state index in [2.05, 4.69) is 10.6 Å². The van der Waals surface area contributed by atoms with Crippen LogP contribution in [0.5, 0.6) is 0 Å². The van der Waals surface area contributed by atoms with Crippen molar-refractivity contribution in [1.82, 2.24) is 5.32 Å². The van der Waals surface area contributed by atoms with Gasteiger partial charge < -0.3 is 15.7 Å². The first-order chi connectivity index (χ1) is 9.88. The first-order valence-corrected chi connectivity index (χ1v) is 6.13. The van der Waals surface area contributed by atoms with Gasteiger partial charge in [-0.25, -0.2) is 9.18 Å². The Hall–Kier alpha value is -2.71. The molecule has 0 bridgehead atoms. The fourth-order valence-corrected chi connectivity index (χ4v) is 2.08. The lowest BCUT2D eigenvalue weighted by Gasteiger charge is -2.13. The topological polar surface area (TPSA) is 122 Å². The zero-order valence-electron chi connectivity index (χ0n) is 10.8. The summed E-state index contributed by atoms with van der Waals surface area (Å²) in [4.78, 5) is 31.8. The normalized spacial score (nSPS) is 17.4. The minimum absolute atomic E-state index is 0.0998. The van der Waals surface area contributed by atoms with Crippen molar-refractivity contribution < 1.29 is 24.0 Å². The third kappa shape index (κ3) is 3.25. The van der Waals surface area contributed by atoms with Gasteiger partial charge in [0.15, 0.2) is 5.82 Å². The maximum atomic E-state index is 13.8. The molecule has 1 amide bonds. The number of halogens is 1. The molecule has 1 aromatic carbocycles. The molecule has 8 nitrogen and oxygen atoms in total. The number of carboxylic acids is 1. The highest BCUT2D eigenvalue weighted by molar-refractivity contribution is 5.93. The van der Waals surface area contributed by atoms with Gasteiger partial charge in [-0.2, -0.15) is 0 Å². The summed E-state index contributed by atoms with van der Waals surface area (Å²) in [5.74, 6) is -2.54. The number of anilines is 1. The summed E-state index contributed by atoms with van der Waals surface area (Å²) < 4.78 is 13.8. The molecule has 0 saturated carbocycles. The highest BCUT2D eigenvalue weighted by Gasteiger charge is 2.24. The molecule has 0 aromatic heterocycles. The predicted octanol–water partition coefficient (Wildman–Crippen LogP) is 1.12. The molecule has 1 heterocycles. The average molecular weight is 297 g/mol. The molecule has 0 aliphatic carbocycles. The van der Waals surface area contributed by atoms with E-state index < -0.39 is 28.0 Å². The minimum Gasteiger partial charge on any atom is -0.477 e. The maximum Gasteiger partial charge on any atom is 0.342 e. The molecule has 0 spiro atoms. The van der Waals surface area contributed by atoms with Crippen LogP contribution in [0.3, 0.4) is 0 Å². The maximum absolute atomic E-state index is 13.8. The van der Waals surface area contributed by atoms with Crippen LogP contribution in [-0.2, 0) is 4.79 Å². The summed E-state index contributed by atoms with van der Waals surface area (Å²) >= 11 is 0. The molecule has 21 heavy (non-hydrogen) atoms. The number of hydrogen-bond donors (Lipinski definition) is 3. The number of aromatic carboxylic acids is 1. The molecule has 1 fully saturated rings. The molecule has 112 valence electrons. The number of nitro benzene ring substituents is 1. The fourth-order valence-electron chi connectivity index (χ4n) is 2.08. The van der Waals surface area contributed by atoms with Crippen LogP contribution in [0.4, 0.5) is 15.8 Å². The van der Waals surface area contributed by atoms with Crippen LogP contribution in [0.25, 0.3) is 0 Å². The Bertz CT molecular complexity index is 619. The highest BCUT2D eigenvalue weighted by atomic mass is 19.1. The predicted molar refractivity (Wildman–Crippen MR) is 69.7 cm³/mol. The van der Waals surface area contributed by atoms with Crippen molar-refractivity contribution in [2.75, 3.05) is 11.9 Å². The molecule has 1 aromatic rings. The number of amides is 1. The largest absolute Gasteiger partial charge is 0.477 e. The Morgan fingerprint density at radius 2 is 2.29 bits per heavy atom. The van der Waals surface area contributed by atoms with Crippen LogP contribution in [0, 0.1) is 15.9 Å². The van der Waals surface area contributed by atoms with E-state index in [4.69, 9.17) is 5.11 Å². The number of hydrogen-bond acceptors (Lipinski definition) is 5. The van der Waals surface area contributed by atoms with Crippen molar-refractivity contribution >= 4 is 23.3 Å². The molecule has 1 unspecified atom stereocenters. The van der Waals surface area contributed by atoms with Crippen molar-refractivity contribution in [1.29, 1.82) is 0 Å². The van der Waals surface area contributed by atoms with Crippen molar-refractivity contribution in [2.45, 2.75) is 18.9 Å². The molecular formula is C12H12FN3O5. The number of carbonyl (C=O) groups is 2. The van der Waals surface area contributed by atoms with Crippen LogP contribution >= 0.6 is 0 Å².